The van der Waals surface area contributed by atoms with Crippen molar-refractivity contribution < 1.29 is 13.6 Å². The largest absolute Gasteiger partial charge is 0.451 e. The van der Waals surface area contributed by atoms with Crippen LogP contribution in [0.4, 0.5) is 10.1 Å². The molecule has 6 heteroatoms. The SMILES string of the molecule is Cc1ccc2oc(C(=O)NC(C)c3cc(F)ccc3N3CCN(C)CC3)cc2c1. The van der Waals surface area contributed by atoms with Crippen LogP contribution in [0, 0.1) is 12.7 Å². The Morgan fingerprint density at radius 3 is 2.62 bits per heavy atom. The zero-order valence-electron chi connectivity index (χ0n) is 17.0. The molecule has 1 aliphatic heterocycles. The third kappa shape index (κ3) is 4.12. The van der Waals surface area contributed by atoms with E-state index in [4.69, 9.17) is 4.42 Å². The Bertz CT molecular complexity index is 1040. The number of nitrogens with zero attached hydrogens (tertiary/aromatic N) is 2. The molecule has 1 unspecified atom stereocenters. The van der Waals surface area contributed by atoms with Crippen LogP contribution < -0.4 is 10.2 Å². The van der Waals surface area contributed by atoms with E-state index in [0.717, 1.165) is 48.4 Å². The molecule has 0 bridgehead atoms. The zero-order valence-corrected chi connectivity index (χ0v) is 17.0. The second kappa shape index (κ2) is 7.87. The average molecular weight is 395 g/mol. The molecule has 4 rings (SSSR count). The van der Waals surface area contributed by atoms with Gasteiger partial charge in [0.2, 0.25) is 0 Å². The Balaban J connectivity index is 1.56. The fraction of sp³-hybridized carbons (Fsp3) is 0.348. The Labute approximate surface area is 170 Å². The molecule has 152 valence electrons. The Morgan fingerprint density at radius 1 is 1.10 bits per heavy atom. The maximum absolute atomic E-state index is 14.0. The molecule has 2 heterocycles. The van der Waals surface area contributed by atoms with Crippen molar-refractivity contribution in [3.8, 4) is 0 Å². The van der Waals surface area contributed by atoms with Crippen molar-refractivity contribution in [3.63, 3.8) is 0 Å². The number of anilines is 1. The quantitative estimate of drug-likeness (QED) is 0.722. The van der Waals surface area contributed by atoms with Crippen LogP contribution in [0.15, 0.2) is 46.9 Å². The first kappa shape index (κ1) is 19.5. The van der Waals surface area contributed by atoms with E-state index >= 15 is 0 Å². The number of amides is 1. The minimum atomic E-state index is -0.359. The summed E-state index contributed by atoms with van der Waals surface area (Å²) in [6.07, 6.45) is 0. The van der Waals surface area contributed by atoms with Gasteiger partial charge in [-0.2, -0.15) is 0 Å². The molecule has 1 aliphatic rings. The topological polar surface area (TPSA) is 48.7 Å². The fourth-order valence-corrected chi connectivity index (χ4v) is 3.83. The smallest absolute Gasteiger partial charge is 0.287 e. The van der Waals surface area contributed by atoms with E-state index in [-0.39, 0.29) is 23.5 Å². The van der Waals surface area contributed by atoms with E-state index in [1.807, 2.05) is 38.1 Å². The molecule has 3 aromatic rings. The number of nitrogens with one attached hydrogen (secondary N) is 1. The average Bonchev–Trinajstić information content (AvgIpc) is 3.12. The lowest BCUT2D eigenvalue weighted by Gasteiger charge is -2.36. The summed E-state index contributed by atoms with van der Waals surface area (Å²) >= 11 is 0. The lowest BCUT2D eigenvalue weighted by molar-refractivity contribution is 0.0914. The van der Waals surface area contributed by atoms with Gasteiger partial charge < -0.3 is 19.5 Å². The van der Waals surface area contributed by atoms with Crippen LogP contribution in [0.2, 0.25) is 0 Å². The summed E-state index contributed by atoms with van der Waals surface area (Å²) in [6.45, 7) is 7.53. The van der Waals surface area contributed by atoms with Gasteiger partial charge in [0, 0.05) is 42.8 Å². The minimum Gasteiger partial charge on any atom is -0.451 e. The van der Waals surface area contributed by atoms with Crippen LogP contribution in [-0.2, 0) is 0 Å². The molecule has 1 saturated heterocycles. The number of carbonyl (C=O) groups excluding carboxylic acids is 1. The van der Waals surface area contributed by atoms with Crippen LogP contribution in [0.25, 0.3) is 11.0 Å². The second-order valence-electron chi connectivity index (χ2n) is 7.84. The number of piperazine rings is 1. The molecule has 1 atom stereocenters. The molecule has 1 aromatic heterocycles. The second-order valence-corrected chi connectivity index (χ2v) is 7.84. The zero-order chi connectivity index (χ0) is 20.5. The summed E-state index contributed by atoms with van der Waals surface area (Å²) in [5.41, 5.74) is 3.52. The number of aryl methyl sites for hydroxylation is 1. The lowest BCUT2D eigenvalue weighted by atomic mass is 10.0. The number of furan rings is 1. The minimum absolute atomic E-state index is 0.259. The van der Waals surface area contributed by atoms with E-state index in [9.17, 15) is 9.18 Å². The first-order valence-electron chi connectivity index (χ1n) is 9.95. The molecule has 0 spiro atoms. The highest BCUT2D eigenvalue weighted by Crippen LogP contribution is 2.29. The Kier molecular flexibility index (Phi) is 5.28. The number of halogens is 1. The van der Waals surface area contributed by atoms with Gasteiger partial charge in [0.05, 0.1) is 6.04 Å². The van der Waals surface area contributed by atoms with Crippen LogP contribution in [0.1, 0.15) is 34.6 Å². The van der Waals surface area contributed by atoms with E-state index in [1.165, 1.54) is 12.1 Å². The molecule has 0 saturated carbocycles. The maximum atomic E-state index is 14.0. The van der Waals surface area contributed by atoms with Gasteiger partial charge in [-0.25, -0.2) is 4.39 Å². The van der Waals surface area contributed by atoms with E-state index in [1.54, 1.807) is 6.07 Å². The number of fused-ring (bicyclic) bond motifs is 1. The first-order chi connectivity index (χ1) is 13.9. The van der Waals surface area contributed by atoms with Gasteiger partial charge >= 0.3 is 0 Å². The third-order valence-corrected chi connectivity index (χ3v) is 5.54. The van der Waals surface area contributed by atoms with Gasteiger partial charge in [-0.05, 0) is 57.3 Å². The number of likely N-dealkylation sites (N-methyl/N-ethyl adjacent to an activating group) is 1. The highest BCUT2D eigenvalue weighted by molar-refractivity contribution is 5.96. The molecule has 0 aliphatic carbocycles. The Morgan fingerprint density at radius 2 is 1.86 bits per heavy atom. The highest BCUT2D eigenvalue weighted by atomic mass is 19.1. The van der Waals surface area contributed by atoms with Gasteiger partial charge in [0.1, 0.15) is 11.4 Å². The van der Waals surface area contributed by atoms with E-state index in [0.29, 0.717) is 5.58 Å². The fourth-order valence-electron chi connectivity index (χ4n) is 3.83. The first-order valence-corrected chi connectivity index (χ1v) is 9.95. The molecule has 1 N–H and O–H groups in total. The maximum Gasteiger partial charge on any atom is 0.287 e. The predicted octanol–water partition coefficient (Wildman–Crippen LogP) is 4.12. The third-order valence-electron chi connectivity index (χ3n) is 5.54. The molecule has 1 amide bonds. The van der Waals surface area contributed by atoms with Gasteiger partial charge in [-0.3, -0.25) is 4.79 Å². The molecular weight excluding hydrogens is 369 g/mol. The summed E-state index contributed by atoms with van der Waals surface area (Å²) in [6, 6.07) is 12.0. The summed E-state index contributed by atoms with van der Waals surface area (Å²) in [4.78, 5) is 17.3. The van der Waals surface area contributed by atoms with Crippen molar-refractivity contribution in [2.75, 3.05) is 38.1 Å². The van der Waals surface area contributed by atoms with Crippen molar-refractivity contribution in [2.24, 2.45) is 0 Å². The normalized spacial score (nSPS) is 16.2. The van der Waals surface area contributed by atoms with Crippen molar-refractivity contribution in [1.82, 2.24) is 10.2 Å². The van der Waals surface area contributed by atoms with Crippen LogP contribution in [0.3, 0.4) is 0 Å². The van der Waals surface area contributed by atoms with Crippen molar-refractivity contribution in [1.29, 1.82) is 0 Å². The van der Waals surface area contributed by atoms with Crippen molar-refractivity contribution >= 4 is 22.6 Å². The molecule has 5 nitrogen and oxygen atoms in total. The monoisotopic (exact) mass is 395 g/mol. The number of hydrogen-bond acceptors (Lipinski definition) is 4. The summed E-state index contributed by atoms with van der Waals surface area (Å²) in [5.74, 6) is -0.354. The predicted molar refractivity (Wildman–Crippen MR) is 113 cm³/mol. The molecule has 1 fully saturated rings. The summed E-state index contributed by atoms with van der Waals surface area (Å²) in [5, 5.41) is 3.86. The van der Waals surface area contributed by atoms with Gasteiger partial charge in [-0.15, -0.1) is 0 Å². The molecule has 2 aromatic carbocycles. The van der Waals surface area contributed by atoms with Crippen LogP contribution in [0.5, 0.6) is 0 Å². The van der Waals surface area contributed by atoms with Crippen LogP contribution >= 0.6 is 0 Å². The number of carbonyl (C=O) groups is 1. The number of rotatable bonds is 4. The van der Waals surface area contributed by atoms with Gasteiger partial charge in [0.15, 0.2) is 5.76 Å². The molecule has 29 heavy (non-hydrogen) atoms. The van der Waals surface area contributed by atoms with E-state index in [2.05, 4.69) is 22.2 Å². The Hall–Kier alpha value is -2.86. The van der Waals surface area contributed by atoms with Gasteiger partial charge in [0.25, 0.3) is 5.91 Å². The molecular formula is C23H26FN3O2. The van der Waals surface area contributed by atoms with E-state index < -0.39 is 0 Å². The van der Waals surface area contributed by atoms with Crippen molar-refractivity contribution in [2.45, 2.75) is 19.9 Å². The number of benzene rings is 2. The van der Waals surface area contributed by atoms with Crippen LogP contribution in [-0.4, -0.2) is 44.0 Å². The van der Waals surface area contributed by atoms with Crippen molar-refractivity contribution in [3.05, 3.63) is 65.2 Å². The summed E-state index contributed by atoms with van der Waals surface area (Å²) < 4.78 is 19.7. The number of hydrogen-bond donors (Lipinski definition) is 1. The lowest BCUT2D eigenvalue weighted by Crippen LogP contribution is -2.45. The van der Waals surface area contributed by atoms with Gasteiger partial charge in [-0.1, -0.05) is 11.6 Å². The molecule has 0 radical (unpaired) electrons. The standard InChI is InChI=1S/C23H26FN3O2/c1-15-4-7-21-17(12-15)13-22(29-21)23(28)25-16(2)19-14-18(24)5-6-20(19)27-10-8-26(3)9-11-27/h4-7,12-14,16H,8-11H2,1-3H3,(H,25,28). The highest BCUT2D eigenvalue weighted by Gasteiger charge is 2.22. The summed E-state index contributed by atoms with van der Waals surface area (Å²) in [7, 11) is 2.10.